The molecule has 14 nitrogen and oxygen atoms in total. The zero-order chi connectivity index (χ0) is 43.0. The van der Waals surface area contributed by atoms with E-state index < -0.39 is 52.9 Å². The van der Waals surface area contributed by atoms with Crippen molar-refractivity contribution in [3.63, 3.8) is 0 Å². The van der Waals surface area contributed by atoms with Crippen molar-refractivity contribution >= 4 is 58.1 Å². The van der Waals surface area contributed by atoms with Gasteiger partial charge in [-0.3, -0.25) is 39.1 Å². The van der Waals surface area contributed by atoms with Crippen LogP contribution >= 0.6 is 0 Å². The number of rotatable bonds is 9. The maximum absolute atomic E-state index is 15.4. The first kappa shape index (κ1) is 41.6. The number of hydrogen-bond donors (Lipinski definition) is 2. The van der Waals surface area contributed by atoms with Crippen LogP contribution in [0, 0.1) is 24.2 Å². The number of benzene rings is 2. The number of piperidine rings is 3. The quantitative estimate of drug-likeness (QED) is 0.162. The first-order valence-electron chi connectivity index (χ1n) is 20.7. The SMILES string of the molecule is [C-]#[N+]c1ccc(N2CCC(C(=O)Nc3ccc(N4CCC(CCN5CCN(c6cc7c(cc6F)C(=O)N(C6CCC(=O)NC6=O)C7=O)CC5)CC4)cn3)CC2)cc1C(F)(F)F. The first-order valence-corrected chi connectivity index (χ1v) is 20.7. The highest BCUT2D eigenvalue weighted by Gasteiger charge is 2.45. The molecule has 0 aliphatic carbocycles. The fraction of sp³-hybridized carbons (Fsp3) is 0.465. The predicted molar refractivity (Wildman–Crippen MR) is 217 cm³/mol. The van der Waals surface area contributed by atoms with Crippen molar-refractivity contribution in [1.82, 2.24) is 20.1 Å². The van der Waals surface area contributed by atoms with Crippen molar-refractivity contribution in [3.05, 3.63) is 82.6 Å². The number of piperazine rings is 1. The molecule has 61 heavy (non-hydrogen) atoms. The number of amides is 5. The summed E-state index contributed by atoms with van der Waals surface area (Å²) in [5.41, 5.74) is 0.189. The number of halogens is 4. The van der Waals surface area contributed by atoms with Gasteiger partial charge in [0, 0.05) is 70.4 Å². The van der Waals surface area contributed by atoms with Crippen molar-refractivity contribution in [2.45, 2.75) is 57.2 Å². The minimum atomic E-state index is -4.63. The van der Waals surface area contributed by atoms with Gasteiger partial charge >= 0.3 is 6.18 Å². The number of imide groups is 2. The van der Waals surface area contributed by atoms with Gasteiger partial charge in [0.1, 0.15) is 17.7 Å². The van der Waals surface area contributed by atoms with Crippen molar-refractivity contribution in [2.75, 3.05) is 78.9 Å². The number of aromatic nitrogens is 1. The molecule has 0 saturated carbocycles. The molecule has 4 saturated heterocycles. The molecule has 1 unspecified atom stereocenters. The zero-order valence-corrected chi connectivity index (χ0v) is 33.3. The first-order chi connectivity index (χ1) is 29.3. The van der Waals surface area contributed by atoms with Crippen LogP contribution in [-0.4, -0.2) is 109 Å². The Labute approximate surface area is 349 Å². The molecule has 1 atom stereocenters. The van der Waals surface area contributed by atoms with Crippen LogP contribution in [0.2, 0.25) is 0 Å². The van der Waals surface area contributed by atoms with E-state index in [0.717, 1.165) is 61.6 Å². The number of fused-ring (bicyclic) bond motifs is 1. The van der Waals surface area contributed by atoms with Gasteiger partial charge in [-0.15, -0.1) is 0 Å². The number of carbonyl (C=O) groups excluding carboxylic acids is 5. The average Bonchev–Trinajstić information content (AvgIpc) is 3.49. The van der Waals surface area contributed by atoms with Crippen LogP contribution < -0.4 is 25.3 Å². The molecule has 0 spiro atoms. The normalized spacial score (nSPS) is 20.8. The Bertz CT molecular complexity index is 2260. The van der Waals surface area contributed by atoms with Crippen molar-refractivity contribution in [3.8, 4) is 0 Å². The molecule has 8 rings (SSSR count). The van der Waals surface area contributed by atoms with Crippen LogP contribution in [-0.2, 0) is 20.6 Å². The molecule has 5 amide bonds. The minimum absolute atomic E-state index is 0.00508. The summed E-state index contributed by atoms with van der Waals surface area (Å²) in [7, 11) is 0. The van der Waals surface area contributed by atoms with E-state index in [2.05, 4.69) is 30.3 Å². The van der Waals surface area contributed by atoms with Gasteiger partial charge < -0.3 is 20.0 Å². The molecule has 2 aromatic carbocycles. The maximum atomic E-state index is 15.4. The number of anilines is 4. The van der Waals surface area contributed by atoms with Gasteiger partial charge in [0.05, 0.1) is 40.8 Å². The number of alkyl halides is 3. The van der Waals surface area contributed by atoms with E-state index in [1.165, 1.54) is 18.2 Å². The summed E-state index contributed by atoms with van der Waals surface area (Å²) in [6.07, 6.45) is 1.17. The van der Waals surface area contributed by atoms with E-state index in [1.807, 2.05) is 15.9 Å². The molecular weight excluding hydrogens is 799 g/mol. The van der Waals surface area contributed by atoms with E-state index in [-0.39, 0.29) is 41.5 Å². The van der Waals surface area contributed by atoms with Crippen LogP contribution in [0.4, 0.5) is 46.1 Å². The highest BCUT2D eigenvalue weighted by molar-refractivity contribution is 6.23. The van der Waals surface area contributed by atoms with Crippen LogP contribution in [0.1, 0.15) is 71.2 Å². The molecule has 1 aromatic heterocycles. The Hall–Kier alpha value is -6.09. The summed E-state index contributed by atoms with van der Waals surface area (Å²) in [6.45, 7) is 13.0. The lowest BCUT2D eigenvalue weighted by Gasteiger charge is -2.38. The zero-order valence-electron chi connectivity index (χ0n) is 33.3. The van der Waals surface area contributed by atoms with Gasteiger partial charge in [-0.2, -0.15) is 13.2 Å². The number of hydrogen-bond acceptors (Lipinski definition) is 10. The Kier molecular flexibility index (Phi) is 11.7. The van der Waals surface area contributed by atoms with Crippen molar-refractivity contribution < 1.29 is 41.5 Å². The van der Waals surface area contributed by atoms with E-state index in [4.69, 9.17) is 6.57 Å². The molecule has 0 radical (unpaired) electrons. The minimum Gasteiger partial charge on any atom is -0.372 e. The van der Waals surface area contributed by atoms with E-state index in [9.17, 15) is 37.1 Å². The molecule has 2 N–H and O–H groups in total. The molecule has 320 valence electrons. The third-order valence-electron chi connectivity index (χ3n) is 12.7. The Morgan fingerprint density at radius 3 is 2.11 bits per heavy atom. The summed E-state index contributed by atoms with van der Waals surface area (Å²) in [5, 5.41) is 5.06. The second-order valence-electron chi connectivity index (χ2n) is 16.3. The summed E-state index contributed by atoms with van der Waals surface area (Å²) in [5.74, 6) is -2.67. The maximum Gasteiger partial charge on any atom is 0.407 e. The fourth-order valence-corrected chi connectivity index (χ4v) is 9.10. The predicted octanol–water partition coefficient (Wildman–Crippen LogP) is 5.48. The number of nitrogens with one attached hydrogen (secondary N) is 2. The highest BCUT2D eigenvalue weighted by atomic mass is 19.4. The highest BCUT2D eigenvalue weighted by Crippen LogP contribution is 2.40. The lowest BCUT2D eigenvalue weighted by molar-refractivity contribution is -0.137. The fourth-order valence-electron chi connectivity index (χ4n) is 9.10. The Morgan fingerprint density at radius 2 is 1.48 bits per heavy atom. The molecule has 18 heteroatoms. The lowest BCUT2D eigenvalue weighted by atomic mass is 9.93. The largest absolute Gasteiger partial charge is 0.407 e. The van der Waals surface area contributed by atoms with E-state index >= 15 is 4.39 Å². The Morgan fingerprint density at radius 1 is 0.820 bits per heavy atom. The second kappa shape index (κ2) is 17.1. The van der Waals surface area contributed by atoms with Gasteiger partial charge in [0.2, 0.25) is 17.7 Å². The second-order valence-corrected chi connectivity index (χ2v) is 16.3. The molecule has 0 bridgehead atoms. The number of nitrogens with zero attached hydrogens (tertiary/aromatic N) is 7. The molecular formula is C43H45F4N9O5. The molecule has 6 heterocycles. The summed E-state index contributed by atoms with van der Waals surface area (Å²) in [4.78, 5) is 80.1. The van der Waals surface area contributed by atoms with E-state index in [0.29, 0.717) is 69.5 Å². The van der Waals surface area contributed by atoms with Gasteiger partial charge in [-0.05, 0) is 87.4 Å². The monoisotopic (exact) mass is 843 g/mol. The summed E-state index contributed by atoms with van der Waals surface area (Å²) >= 11 is 0. The van der Waals surface area contributed by atoms with Crippen molar-refractivity contribution in [1.29, 1.82) is 0 Å². The topological polar surface area (TPSA) is 143 Å². The molecule has 4 fully saturated rings. The van der Waals surface area contributed by atoms with Crippen LogP contribution in [0.3, 0.4) is 0 Å². The van der Waals surface area contributed by atoms with Crippen LogP contribution in [0.5, 0.6) is 0 Å². The summed E-state index contributed by atoms with van der Waals surface area (Å²) in [6, 6.07) is 8.84. The van der Waals surface area contributed by atoms with Gasteiger partial charge in [-0.25, -0.2) is 14.2 Å². The van der Waals surface area contributed by atoms with Gasteiger partial charge in [0.15, 0.2) is 5.69 Å². The average molecular weight is 844 g/mol. The third-order valence-corrected chi connectivity index (χ3v) is 12.7. The molecule has 5 aliphatic heterocycles. The standard InChI is InChI=1S/C43H45F4N9O5/c1-48-34-4-2-28(22-32(34)43(45,46)47)53-16-11-27(12-17-53)39(58)50-37-6-3-29(25-49-37)54-14-9-26(10-15-54)8-13-52-18-20-55(21-19-52)36-24-31-30(23-33(36)44)41(60)56(42(31)61)35-5-7-38(57)51-40(35)59/h2-4,6,22-27,35H,5,7-21H2,(H,49,50,58)(H,51,57,59). The van der Waals surface area contributed by atoms with E-state index in [1.54, 1.807) is 12.3 Å². The molecule has 3 aromatic rings. The third kappa shape index (κ3) is 8.74. The summed E-state index contributed by atoms with van der Waals surface area (Å²) < 4.78 is 55.8. The number of pyridine rings is 1. The van der Waals surface area contributed by atoms with Gasteiger partial charge in [0.25, 0.3) is 11.8 Å². The molecule has 5 aliphatic rings. The van der Waals surface area contributed by atoms with Crippen LogP contribution in [0.15, 0.2) is 48.7 Å². The van der Waals surface area contributed by atoms with Crippen molar-refractivity contribution in [2.24, 2.45) is 11.8 Å². The van der Waals surface area contributed by atoms with Crippen LogP contribution in [0.25, 0.3) is 4.85 Å². The number of carbonyl (C=O) groups is 5. The Balaban J connectivity index is 0.754. The lowest BCUT2D eigenvalue weighted by Crippen LogP contribution is -2.54. The smallest absolute Gasteiger partial charge is 0.372 e. The van der Waals surface area contributed by atoms with Gasteiger partial charge in [-0.1, -0.05) is 6.07 Å².